The number of nitro benzene ring substituents is 1. The Morgan fingerprint density at radius 2 is 0.959 bits per heavy atom. The minimum absolute atomic E-state index is 0.0796. The molecule has 23 nitrogen and oxygen atoms in total. The number of non-ortho nitro benzene ring substituents is 1. The molecule has 8 amide bonds. The van der Waals surface area contributed by atoms with E-state index in [1.165, 1.54) is 24.3 Å². The van der Waals surface area contributed by atoms with Crippen molar-refractivity contribution >= 4 is 82.0 Å². The highest BCUT2D eigenvalue weighted by Gasteiger charge is 2.32. The maximum Gasteiger partial charge on any atom is 0.514 e. The third-order valence-corrected chi connectivity index (χ3v) is 11.2. The zero-order valence-corrected chi connectivity index (χ0v) is 41.4. The summed E-state index contributed by atoms with van der Waals surface area (Å²) in [5.41, 5.74) is 2.13. The van der Waals surface area contributed by atoms with Crippen molar-refractivity contribution in [2.45, 2.75) is 79.7 Å². The number of carbonyl (C=O) groups excluding carboxylic acids is 11. The van der Waals surface area contributed by atoms with Gasteiger partial charge >= 0.3 is 6.16 Å². The zero-order valence-electron chi connectivity index (χ0n) is 41.4. The second-order valence-corrected chi connectivity index (χ2v) is 17.8. The summed E-state index contributed by atoms with van der Waals surface area (Å²) in [6.07, 6.45) is 3.02. The summed E-state index contributed by atoms with van der Waals surface area (Å²) in [5, 5.41) is 30.3. The molecule has 0 aliphatic carbocycles. The van der Waals surface area contributed by atoms with Crippen LogP contribution in [-0.4, -0.2) is 110 Å². The largest absolute Gasteiger partial charge is 0.514 e. The molecule has 0 radical (unpaired) electrons. The number of nitrogens with one attached hydrogen (secondary N) is 4. The molecule has 2 heterocycles. The Morgan fingerprint density at radius 3 is 1.31 bits per heavy atom. The van der Waals surface area contributed by atoms with Crippen LogP contribution in [-0.2, 0) is 65.9 Å². The molecule has 2 aliphatic rings. The lowest BCUT2D eigenvalue weighted by atomic mass is 9.92. The highest BCUT2D eigenvalue weighted by atomic mass is 16.7. The molecule has 5 rings (SSSR count). The summed E-state index contributed by atoms with van der Waals surface area (Å²) in [4.78, 5) is 146. The average Bonchev–Trinajstić information content (AvgIpc) is 3.85. The summed E-state index contributed by atoms with van der Waals surface area (Å²) >= 11 is 0. The van der Waals surface area contributed by atoms with Gasteiger partial charge in [0.1, 0.15) is 25.4 Å². The standard InChI is InChI=1S/C29H30N4O10.C22H27N3O6/c1-17(2)27(31-24(35)15-32-25(36)12-13-26(32)37)23(34)14-18(3)28(38)30-20-6-4-19(5-7-20)16-42-29(39)43-22-10-8-21(9-11-22)33(40)41;1-13(2)21(24-18(28)11-25-19(29)8-9-20(25)30)17(27)10-14(3)22(31)23-16-6-4-15(12-26)5-7-16/h4-13,17-18,27H,14-16H2,1-3H3,(H,30,38)(H,31,35);4-9,13-14,21,26H,10-12H2,1-3H3,(H,23,31)(H,24,28)/t18-,27?;14-,21?/m11/s1. The average molecular weight is 1020 g/mol. The van der Waals surface area contributed by atoms with Gasteiger partial charge < -0.3 is 35.8 Å². The number of ketones is 2. The van der Waals surface area contributed by atoms with E-state index in [1.54, 1.807) is 90.1 Å². The predicted molar refractivity (Wildman–Crippen MR) is 263 cm³/mol. The van der Waals surface area contributed by atoms with Crippen LogP contribution in [0.15, 0.2) is 97.1 Å². The lowest BCUT2D eigenvalue weighted by molar-refractivity contribution is -0.384. The van der Waals surface area contributed by atoms with Crippen LogP contribution < -0.4 is 26.0 Å². The molecule has 0 bridgehead atoms. The molecule has 392 valence electrons. The maximum absolute atomic E-state index is 12.9. The van der Waals surface area contributed by atoms with Crippen molar-refractivity contribution in [3.05, 3.63) is 118 Å². The van der Waals surface area contributed by atoms with E-state index in [9.17, 15) is 62.9 Å². The van der Waals surface area contributed by atoms with Crippen LogP contribution >= 0.6 is 0 Å². The van der Waals surface area contributed by atoms with E-state index < -0.39 is 89.4 Å². The Kier molecular flexibility index (Phi) is 21.3. The third kappa shape index (κ3) is 17.5. The van der Waals surface area contributed by atoms with Crippen molar-refractivity contribution in [3.8, 4) is 5.75 Å². The molecule has 3 aromatic rings. The maximum atomic E-state index is 12.9. The number of hydrogen-bond acceptors (Lipinski definition) is 16. The summed E-state index contributed by atoms with van der Waals surface area (Å²) in [6, 6.07) is 16.2. The number of benzene rings is 3. The van der Waals surface area contributed by atoms with Crippen molar-refractivity contribution in [2.24, 2.45) is 23.7 Å². The number of carbonyl (C=O) groups is 11. The molecule has 3 aromatic carbocycles. The SMILES string of the molecule is CC(C)C(NC(=O)CN1C(=O)C=CC1=O)C(=O)C[C@@H](C)C(=O)Nc1ccc(CO)cc1.CC(C)C(NC(=O)CN1C(=O)C=CC1=O)C(=O)C[C@@H](C)C(=O)Nc1ccc(COC(=O)Oc2ccc([N+](=O)[O-])cc2)cc1. The number of nitrogens with zero attached hydrogens (tertiary/aromatic N) is 3. The van der Waals surface area contributed by atoms with Crippen molar-refractivity contribution in [3.63, 3.8) is 0 Å². The molecule has 4 atom stereocenters. The first-order chi connectivity index (χ1) is 34.9. The van der Waals surface area contributed by atoms with Gasteiger partial charge in [-0.05, 0) is 59.4 Å². The van der Waals surface area contributed by atoms with Gasteiger partial charge in [-0.2, -0.15) is 0 Å². The minimum Gasteiger partial charge on any atom is -0.429 e. The van der Waals surface area contributed by atoms with E-state index >= 15 is 0 Å². The first kappa shape index (κ1) is 57.8. The van der Waals surface area contributed by atoms with Crippen molar-refractivity contribution in [1.82, 2.24) is 20.4 Å². The van der Waals surface area contributed by atoms with Crippen LogP contribution in [0, 0.1) is 33.8 Å². The molecule has 2 unspecified atom stereocenters. The van der Waals surface area contributed by atoms with E-state index in [0.29, 0.717) is 22.5 Å². The van der Waals surface area contributed by atoms with Crippen LogP contribution in [0.4, 0.5) is 21.9 Å². The third-order valence-electron chi connectivity index (χ3n) is 11.2. The van der Waals surface area contributed by atoms with E-state index in [2.05, 4.69) is 21.3 Å². The van der Waals surface area contributed by atoms with Gasteiger partial charge in [-0.3, -0.25) is 67.9 Å². The number of aliphatic hydroxyl groups is 1. The molecule has 5 N–H and O–H groups in total. The Morgan fingerprint density at radius 1 is 0.581 bits per heavy atom. The Labute approximate surface area is 424 Å². The fourth-order valence-electron chi connectivity index (χ4n) is 6.99. The number of aliphatic hydroxyl groups excluding tert-OH is 1. The van der Waals surface area contributed by atoms with Crippen LogP contribution in [0.3, 0.4) is 0 Å². The molecule has 0 aromatic heterocycles. The van der Waals surface area contributed by atoms with E-state index in [4.69, 9.17) is 14.6 Å². The van der Waals surface area contributed by atoms with Crippen LogP contribution in [0.25, 0.3) is 0 Å². The number of ether oxygens (including phenoxy) is 2. The Hall–Kier alpha value is -8.73. The molecule has 2 aliphatic heterocycles. The first-order valence-electron chi connectivity index (χ1n) is 23.2. The molecule has 0 saturated carbocycles. The lowest BCUT2D eigenvalue weighted by Crippen LogP contribution is -2.49. The molecule has 0 fully saturated rings. The Balaban J connectivity index is 0.000000338. The lowest BCUT2D eigenvalue weighted by Gasteiger charge is -2.24. The molecular weight excluding hydrogens is 967 g/mol. The van der Waals surface area contributed by atoms with E-state index in [-0.39, 0.29) is 66.8 Å². The molecule has 74 heavy (non-hydrogen) atoms. The number of anilines is 2. The molecule has 0 saturated heterocycles. The first-order valence-corrected chi connectivity index (χ1v) is 23.2. The van der Waals surface area contributed by atoms with Crippen LogP contribution in [0.5, 0.6) is 5.75 Å². The molecule has 23 heteroatoms. The van der Waals surface area contributed by atoms with Crippen molar-refractivity contribution in [1.29, 1.82) is 0 Å². The monoisotopic (exact) mass is 1020 g/mol. The molecule has 0 spiro atoms. The number of rotatable bonds is 23. The molecular formula is C51H57N7O16. The van der Waals surface area contributed by atoms with Gasteiger partial charge in [-0.15, -0.1) is 0 Å². The predicted octanol–water partition coefficient (Wildman–Crippen LogP) is 3.69. The van der Waals surface area contributed by atoms with Gasteiger partial charge in [-0.25, -0.2) is 4.79 Å². The van der Waals surface area contributed by atoms with Crippen molar-refractivity contribution < 1.29 is 72.2 Å². The smallest absolute Gasteiger partial charge is 0.429 e. The number of amides is 8. The minimum atomic E-state index is -1.00. The van der Waals surface area contributed by atoms with Gasteiger partial charge in [-0.1, -0.05) is 65.8 Å². The van der Waals surface area contributed by atoms with Gasteiger partial charge in [0.25, 0.3) is 29.3 Å². The fourth-order valence-corrected chi connectivity index (χ4v) is 6.99. The highest BCUT2D eigenvalue weighted by molar-refractivity contribution is 6.15. The summed E-state index contributed by atoms with van der Waals surface area (Å²) in [6.45, 7) is 8.92. The van der Waals surface area contributed by atoms with Gasteiger partial charge in [0, 0.05) is 72.5 Å². The summed E-state index contributed by atoms with van der Waals surface area (Å²) in [7, 11) is 0. The summed E-state index contributed by atoms with van der Waals surface area (Å²) < 4.78 is 10.0. The quantitative estimate of drug-likeness (QED) is 0.0297. The second kappa shape index (κ2) is 27.2. The summed E-state index contributed by atoms with van der Waals surface area (Å²) in [5.74, 6) is -7.02. The van der Waals surface area contributed by atoms with E-state index in [0.717, 1.165) is 34.1 Å². The van der Waals surface area contributed by atoms with E-state index in [1.807, 2.05) is 0 Å². The zero-order chi connectivity index (χ0) is 54.8. The highest BCUT2D eigenvalue weighted by Crippen LogP contribution is 2.20. The van der Waals surface area contributed by atoms with Gasteiger partial charge in [0.05, 0.1) is 23.6 Å². The number of hydrogen-bond donors (Lipinski definition) is 5. The van der Waals surface area contributed by atoms with Crippen LogP contribution in [0.2, 0.25) is 0 Å². The second-order valence-electron chi connectivity index (χ2n) is 17.8. The van der Waals surface area contributed by atoms with Gasteiger partial charge in [0.2, 0.25) is 23.6 Å². The normalized spacial score (nSPS) is 14.4. The fraction of sp³-hybridized carbons (Fsp3) is 0.353. The van der Waals surface area contributed by atoms with Gasteiger partial charge in [0.15, 0.2) is 11.6 Å². The number of imide groups is 2. The topological polar surface area (TPSA) is 324 Å². The van der Waals surface area contributed by atoms with Crippen molar-refractivity contribution in [2.75, 3.05) is 23.7 Å². The number of Topliss-reactive ketones (excluding diaryl/α,β-unsaturated/α-hetero) is 2. The Bertz CT molecular complexity index is 2650. The number of nitro groups is 1. The van der Waals surface area contributed by atoms with Crippen LogP contribution in [0.1, 0.15) is 65.5 Å².